The molecule has 0 aliphatic carbocycles. The second-order valence-corrected chi connectivity index (χ2v) is 19.4. The number of anilines is 4. The third kappa shape index (κ3) is 8.03. The molecule has 4 aromatic rings. The van der Waals surface area contributed by atoms with Gasteiger partial charge in [-0.1, -0.05) is 17.7 Å². The number of benzene rings is 2. The normalized spacial score (nSPS) is 20.5. The Morgan fingerprint density at radius 3 is 2.45 bits per heavy atom. The molecule has 338 valence electrons. The number of hydrogen-bond donors (Lipinski definition) is 3. The van der Waals surface area contributed by atoms with Crippen molar-refractivity contribution in [1.82, 2.24) is 35.0 Å². The van der Waals surface area contributed by atoms with Crippen molar-refractivity contribution in [2.75, 3.05) is 68.0 Å². The molecule has 0 bridgehead atoms. The molecule has 2 aromatic heterocycles. The lowest BCUT2D eigenvalue weighted by molar-refractivity contribution is -0.137. The number of nitrogens with zero attached hydrogens (tertiary/aromatic N) is 7. The van der Waals surface area contributed by atoms with E-state index in [9.17, 15) is 24.0 Å². The largest absolute Gasteiger partial charge is 0.478 e. The van der Waals surface area contributed by atoms with Crippen LogP contribution in [0.1, 0.15) is 88.2 Å². The van der Waals surface area contributed by atoms with Gasteiger partial charge < -0.3 is 34.6 Å². The molecule has 4 fully saturated rings. The first-order valence-corrected chi connectivity index (χ1v) is 22.9. The van der Waals surface area contributed by atoms with Gasteiger partial charge in [0.25, 0.3) is 17.4 Å². The first-order valence-electron chi connectivity index (χ1n) is 22.5. The van der Waals surface area contributed by atoms with Crippen LogP contribution >= 0.6 is 11.6 Å². The van der Waals surface area contributed by atoms with Crippen LogP contribution in [0.2, 0.25) is 5.02 Å². The zero-order valence-corrected chi connectivity index (χ0v) is 38.0. The summed E-state index contributed by atoms with van der Waals surface area (Å²) in [7, 11) is 1.52. The van der Waals surface area contributed by atoms with Gasteiger partial charge in [0, 0.05) is 91.1 Å². The molecular weight excluding hydrogens is 836 g/mol. The molecule has 5 aliphatic heterocycles. The second-order valence-electron chi connectivity index (χ2n) is 19.0. The number of aromatic nitrogens is 3. The van der Waals surface area contributed by atoms with Gasteiger partial charge in [-0.05, 0) is 115 Å². The molecule has 64 heavy (non-hydrogen) atoms. The lowest BCUT2D eigenvalue weighted by atomic mass is 9.69. The maximum absolute atomic E-state index is 13.4. The molecule has 4 saturated heterocycles. The van der Waals surface area contributed by atoms with Crippen molar-refractivity contribution in [3.05, 3.63) is 75.2 Å². The van der Waals surface area contributed by atoms with Crippen molar-refractivity contribution >= 4 is 69.3 Å². The Morgan fingerprint density at radius 2 is 1.75 bits per heavy atom. The van der Waals surface area contributed by atoms with Crippen molar-refractivity contribution in [1.29, 1.82) is 0 Å². The Hall–Kier alpha value is -5.74. The average Bonchev–Trinajstić information content (AvgIpc) is 3.61. The standard InChI is InChI=1S/C47H57ClN10O6/c1-28(2)58-35-10-9-31(21-29(35)22-38(44(58)63)64-25-40(60)49-5)51-41-34(48)23-50-45(53-41)54-17-13-30(14-18-54)46(3,4)56-19-15-47(16-20-56)26-55(27-47)36-8-6-7-32-33(36)24-57(43(32)62)37-11-12-39(59)52-42(37)61/h6-10,21-23,28,30,37H,11-20,24-27H2,1-5H3,(H,49,60)(H,50,51,53)(H,52,59,61). The number of rotatable bonds is 11. The number of halogens is 1. The van der Waals surface area contributed by atoms with Crippen molar-refractivity contribution < 1.29 is 23.9 Å². The molecule has 5 aliphatic rings. The van der Waals surface area contributed by atoms with Gasteiger partial charge in [0.2, 0.25) is 17.8 Å². The van der Waals surface area contributed by atoms with Gasteiger partial charge in [-0.2, -0.15) is 4.98 Å². The molecule has 1 spiro atoms. The molecule has 0 saturated carbocycles. The van der Waals surface area contributed by atoms with Gasteiger partial charge in [0.1, 0.15) is 11.1 Å². The summed E-state index contributed by atoms with van der Waals surface area (Å²) in [6.07, 6.45) is 6.51. The van der Waals surface area contributed by atoms with Gasteiger partial charge in [-0.25, -0.2) is 4.98 Å². The number of ether oxygens (including phenoxy) is 1. The van der Waals surface area contributed by atoms with E-state index in [1.54, 1.807) is 21.7 Å². The predicted molar refractivity (Wildman–Crippen MR) is 245 cm³/mol. The Kier molecular flexibility index (Phi) is 11.6. The first-order chi connectivity index (χ1) is 30.6. The number of hydrogen-bond acceptors (Lipinski definition) is 12. The highest BCUT2D eigenvalue weighted by Gasteiger charge is 2.49. The van der Waals surface area contributed by atoms with Gasteiger partial charge in [0.15, 0.2) is 18.2 Å². The minimum Gasteiger partial charge on any atom is -0.478 e. The molecule has 1 unspecified atom stereocenters. The van der Waals surface area contributed by atoms with Gasteiger partial charge >= 0.3 is 0 Å². The summed E-state index contributed by atoms with van der Waals surface area (Å²) >= 11 is 6.66. The van der Waals surface area contributed by atoms with Crippen LogP contribution in [-0.4, -0.2) is 112 Å². The fourth-order valence-electron chi connectivity index (χ4n) is 10.7. The topological polar surface area (TPSA) is 174 Å². The van der Waals surface area contributed by atoms with Crippen LogP contribution in [0.4, 0.5) is 23.1 Å². The molecule has 0 radical (unpaired) electrons. The predicted octanol–water partition coefficient (Wildman–Crippen LogP) is 5.25. The molecule has 4 amide bonds. The fraction of sp³-hybridized carbons (Fsp3) is 0.511. The van der Waals surface area contributed by atoms with Crippen LogP contribution in [0.15, 0.2) is 53.5 Å². The third-order valence-electron chi connectivity index (χ3n) is 14.5. The Bertz CT molecular complexity index is 2570. The maximum Gasteiger partial charge on any atom is 0.293 e. The van der Waals surface area contributed by atoms with E-state index in [4.69, 9.17) is 21.3 Å². The molecule has 7 heterocycles. The quantitative estimate of drug-likeness (QED) is 0.167. The smallest absolute Gasteiger partial charge is 0.293 e. The molecule has 2 aromatic carbocycles. The number of fused-ring (bicyclic) bond motifs is 2. The van der Waals surface area contributed by atoms with E-state index in [-0.39, 0.29) is 65.0 Å². The number of likely N-dealkylation sites (N-methyl/N-ethyl adjacent to an activating group) is 1. The number of carbonyl (C=O) groups excluding carboxylic acids is 4. The number of likely N-dealkylation sites (tertiary alicyclic amines) is 1. The average molecular weight is 893 g/mol. The lowest BCUT2D eigenvalue weighted by Crippen LogP contribution is -2.63. The molecule has 16 nitrogen and oxygen atoms in total. The van der Waals surface area contributed by atoms with Gasteiger partial charge in [-0.15, -0.1) is 0 Å². The summed E-state index contributed by atoms with van der Waals surface area (Å²) in [5, 5.41) is 9.43. The van der Waals surface area contributed by atoms with E-state index in [0.717, 1.165) is 92.8 Å². The van der Waals surface area contributed by atoms with Gasteiger partial charge in [0.05, 0.1) is 11.7 Å². The third-order valence-corrected chi connectivity index (χ3v) is 14.8. The number of pyridine rings is 1. The monoisotopic (exact) mass is 892 g/mol. The minimum atomic E-state index is -0.618. The summed E-state index contributed by atoms with van der Waals surface area (Å²) in [6.45, 7) is 14.4. The first kappa shape index (κ1) is 43.5. The zero-order valence-electron chi connectivity index (χ0n) is 37.2. The number of amides is 4. The van der Waals surface area contributed by atoms with E-state index >= 15 is 0 Å². The summed E-state index contributed by atoms with van der Waals surface area (Å²) in [5.41, 5.74) is 4.17. The maximum atomic E-state index is 13.4. The van der Waals surface area contributed by atoms with Crippen LogP contribution in [0, 0.1) is 11.3 Å². The molecule has 17 heteroatoms. The van der Waals surface area contributed by atoms with Crippen molar-refractivity contribution in [2.24, 2.45) is 11.3 Å². The van der Waals surface area contributed by atoms with E-state index < -0.39 is 6.04 Å². The van der Waals surface area contributed by atoms with Gasteiger partial charge in [-0.3, -0.25) is 34.2 Å². The SMILES string of the molecule is CNC(=O)COc1cc2cc(Nc3nc(N4CCC(C(C)(C)N5CCC6(CC5)CN(c5cccc7c5CN(C5CCC(=O)NC5=O)C7=O)C6)CC4)ncc3Cl)ccc2n(C(C)C)c1=O. The number of nitrogens with one attached hydrogen (secondary N) is 3. The highest BCUT2D eigenvalue weighted by molar-refractivity contribution is 6.33. The van der Waals surface area contributed by atoms with Crippen molar-refractivity contribution in [2.45, 2.75) is 90.4 Å². The van der Waals surface area contributed by atoms with E-state index in [2.05, 4.69) is 55.5 Å². The van der Waals surface area contributed by atoms with Crippen LogP contribution in [0.25, 0.3) is 10.9 Å². The lowest BCUT2D eigenvalue weighted by Gasteiger charge is -2.58. The van der Waals surface area contributed by atoms with E-state index in [0.29, 0.717) is 41.2 Å². The van der Waals surface area contributed by atoms with Crippen molar-refractivity contribution in [3.8, 4) is 5.75 Å². The highest BCUT2D eigenvalue weighted by Crippen LogP contribution is 2.47. The van der Waals surface area contributed by atoms with Crippen LogP contribution < -0.4 is 36.0 Å². The number of carbonyl (C=O) groups is 4. The fourth-order valence-corrected chi connectivity index (χ4v) is 10.8. The summed E-state index contributed by atoms with van der Waals surface area (Å²) < 4.78 is 7.30. The van der Waals surface area contributed by atoms with Crippen LogP contribution in [0.3, 0.4) is 0 Å². The molecule has 3 N–H and O–H groups in total. The second kappa shape index (κ2) is 17.0. The van der Waals surface area contributed by atoms with E-state index in [1.807, 2.05) is 44.2 Å². The summed E-state index contributed by atoms with van der Waals surface area (Å²) in [5.74, 6) is 0.579. The highest BCUT2D eigenvalue weighted by atomic mass is 35.5. The van der Waals surface area contributed by atoms with Crippen LogP contribution in [-0.2, 0) is 20.9 Å². The molecule has 9 rings (SSSR count). The zero-order chi connectivity index (χ0) is 45.1. The summed E-state index contributed by atoms with van der Waals surface area (Å²) in [6, 6.07) is 12.5. The Morgan fingerprint density at radius 1 is 1.00 bits per heavy atom. The van der Waals surface area contributed by atoms with E-state index in [1.165, 1.54) is 7.05 Å². The minimum absolute atomic E-state index is 0.0226. The number of piperidine rings is 3. The number of imide groups is 1. The molecular formula is C47H57ClN10O6. The van der Waals surface area contributed by atoms with Crippen molar-refractivity contribution in [3.63, 3.8) is 0 Å². The Balaban J connectivity index is 0.800. The van der Waals surface area contributed by atoms with Crippen LogP contribution in [0.5, 0.6) is 5.75 Å². The molecule has 1 atom stereocenters. The summed E-state index contributed by atoms with van der Waals surface area (Å²) in [4.78, 5) is 81.5. The Labute approximate surface area is 377 Å².